The van der Waals surface area contributed by atoms with E-state index in [4.69, 9.17) is 0 Å². The van der Waals surface area contributed by atoms with Gasteiger partial charge in [-0.25, -0.2) is 9.38 Å². The predicted molar refractivity (Wildman–Crippen MR) is 120 cm³/mol. The number of nitrogens with zero attached hydrogens (tertiary/aromatic N) is 3. The Labute approximate surface area is 172 Å². The minimum atomic E-state index is -0.277. The van der Waals surface area contributed by atoms with E-state index >= 15 is 0 Å². The van der Waals surface area contributed by atoms with Crippen molar-refractivity contribution in [2.75, 3.05) is 0 Å². The van der Waals surface area contributed by atoms with Gasteiger partial charge in [-0.3, -0.25) is 9.59 Å². The van der Waals surface area contributed by atoms with Crippen molar-refractivity contribution >= 4 is 33.3 Å². The van der Waals surface area contributed by atoms with Gasteiger partial charge >= 0.3 is 0 Å². The summed E-state index contributed by atoms with van der Waals surface area (Å²) in [5.41, 5.74) is 5.33. The first kappa shape index (κ1) is 19.6. The normalized spacial score (nSPS) is 12.5. The summed E-state index contributed by atoms with van der Waals surface area (Å²) in [6.07, 6.45) is 3.54. The molecule has 4 rings (SSSR count). The highest BCUT2D eigenvalue weighted by Crippen LogP contribution is 2.28. The highest BCUT2D eigenvalue weighted by atomic mass is 32.1. The second-order valence-corrected chi connectivity index (χ2v) is 8.55. The van der Waals surface area contributed by atoms with Crippen LogP contribution in [0.1, 0.15) is 48.3 Å². The van der Waals surface area contributed by atoms with Crippen LogP contribution in [-0.2, 0) is 13.0 Å². The molecule has 4 aromatic rings. The molecular weight excluding hydrogens is 382 g/mol. The summed E-state index contributed by atoms with van der Waals surface area (Å²) < 4.78 is 4.08. The minimum Gasteiger partial charge on any atom is -0.344 e. The number of aromatic nitrogens is 3. The summed E-state index contributed by atoms with van der Waals surface area (Å²) in [5.74, 6) is 0. The van der Waals surface area contributed by atoms with Gasteiger partial charge in [0.05, 0.1) is 4.53 Å². The van der Waals surface area contributed by atoms with Gasteiger partial charge in [0, 0.05) is 40.0 Å². The first-order chi connectivity index (χ1) is 13.9. The average Bonchev–Trinajstić information content (AvgIpc) is 3.11. The van der Waals surface area contributed by atoms with Crippen LogP contribution in [0.3, 0.4) is 0 Å². The van der Waals surface area contributed by atoms with Crippen LogP contribution in [0.15, 0.2) is 27.8 Å². The average molecular weight is 408 g/mol. The molecule has 0 saturated heterocycles. The largest absolute Gasteiger partial charge is 0.344 e. The Morgan fingerprint density at radius 3 is 2.55 bits per heavy atom. The zero-order chi connectivity index (χ0) is 20.9. The molecule has 0 unspecified atom stereocenters. The van der Waals surface area contributed by atoms with Crippen LogP contribution in [-0.4, -0.2) is 14.0 Å². The maximum absolute atomic E-state index is 13.1. The molecule has 0 aliphatic rings. The molecule has 0 aliphatic heterocycles. The van der Waals surface area contributed by atoms with E-state index in [2.05, 4.69) is 48.5 Å². The Morgan fingerprint density at radius 2 is 1.86 bits per heavy atom. The molecule has 0 radical (unpaired) electrons. The van der Waals surface area contributed by atoms with E-state index in [-0.39, 0.29) is 11.1 Å². The number of hydrogen-bond acceptors (Lipinski definition) is 4. The van der Waals surface area contributed by atoms with Crippen LogP contribution in [0.5, 0.6) is 0 Å². The molecule has 5 nitrogen and oxygen atoms in total. The summed E-state index contributed by atoms with van der Waals surface area (Å²) in [6.45, 7) is 11.0. The van der Waals surface area contributed by atoms with Gasteiger partial charge in [-0.1, -0.05) is 36.8 Å². The van der Waals surface area contributed by atoms with E-state index in [0.717, 1.165) is 29.6 Å². The molecule has 3 aromatic heterocycles. The van der Waals surface area contributed by atoms with Crippen LogP contribution in [0.2, 0.25) is 0 Å². The summed E-state index contributed by atoms with van der Waals surface area (Å²) in [4.78, 5) is 30.9. The summed E-state index contributed by atoms with van der Waals surface area (Å²) in [5, 5.41) is 1.14. The van der Waals surface area contributed by atoms with Crippen molar-refractivity contribution < 1.29 is 0 Å². The van der Waals surface area contributed by atoms with Crippen LogP contribution >= 0.6 is 11.3 Å². The number of benzene rings is 1. The number of aryl methyl sites for hydroxylation is 3. The van der Waals surface area contributed by atoms with E-state index in [1.54, 1.807) is 0 Å². The first-order valence-electron chi connectivity index (χ1n) is 10.0. The fraction of sp³-hybridized carbons (Fsp3) is 0.348. The zero-order valence-electron chi connectivity index (χ0n) is 17.5. The van der Waals surface area contributed by atoms with Crippen LogP contribution in [0.4, 0.5) is 0 Å². The van der Waals surface area contributed by atoms with Gasteiger partial charge in [0.1, 0.15) is 0 Å². The van der Waals surface area contributed by atoms with Crippen LogP contribution in [0.25, 0.3) is 21.9 Å². The maximum Gasteiger partial charge on any atom is 0.277 e. The van der Waals surface area contributed by atoms with Gasteiger partial charge in [-0.05, 0) is 51.8 Å². The molecule has 6 heteroatoms. The second kappa shape index (κ2) is 7.26. The molecular formula is C23H25N3O2S. The van der Waals surface area contributed by atoms with Crippen molar-refractivity contribution in [2.24, 2.45) is 0 Å². The predicted octanol–water partition coefficient (Wildman–Crippen LogP) is 3.52. The Morgan fingerprint density at radius 1 is 1.10 bits per heavy atom. The summed E-state index contributed by atoms with van der Waals surface area (Å²) in [6, 6.07) is 6.44. The zero-order valence-corrected chi connectivity index (χ0v) is 18.3. The number of hydrogen-bond donors (Lipinski definition) is 0. The Hall–Kier alpha value is -2.73. The number of thiazole rings is 1. The SMILES string of the molecule is CCCn1c(C)c(/C=c2\sc3nc(C)c(CC)c(=O)n3c2=O)c2cc(C)ccc21. The van der Waals surface area contributed by atoms with Crippen molar-refractivity contribution in [2.45, 2.75) is 54.0 Å². The third-order valence-electron chi connectivity index (χ3n) is 5.57. The lowest BCUT2D eigenvalue weighted by Gasteiger charge is -2.06. The molecule has 0 atom stereocenters. The first-order valence-corrected chi connectivity index (χ1v) is 10.8. The molecule has 0 aliphatic carbocycles. The third-order valence-corrected chi connectivity index (χ3v) is 6.54. The molecule has 0 fully saturated rings. The van der Waals surface area contributed by atoms with Crippen LogP contribution < -0.4 is 15.7 Å². The maximum atomic E-state index is 13.1. The van der Waals surface area contributed by atoms with Crippen molar-refractivity contribution in [3.63, 3.8) is 0 Å². The van der Waals surface area contributed by atoms with Gasteiger partial charge < -0.3 is 4.57 Å². The lowest BCUT2D eigenvalue weighted by atomic mass is 10.1. The monoisotopic (exact) mass is 407 g/mol. The standard InChI is InChI=1S/C23H25N3O2S/c1-6-10-25-15(5)17(18-11-13(3)8-9-19(18)25)12-20-22(28)26-21(27)16(7-2)14(4)24-23(26)29-20/h8-9,11-12H,6-7,10H2,1-5H3/b20-12-. The Kier molecular flexibility index (Phi) is 4.90. The van der Waals surface area contributed by atoms with Crippen LogP contribution in [0, 0.1) is 20.8 Å². The summed E-state index contributed by atoms with van der Waals surface area (Å²) in [7, 11) is 0. The molecule has 0 amide bonds. The van der Waals surface area contributed by atoms with Gasteiger partial charge in [0.25, 0.3) is 11.1 Å². The van der Waals surface area contributed by atoms with Crippen molar-refractivity contribution in [1.29, 1.82) is 0 Å². The third kappa shape index (κ3) is 3.02. The topological polar surface area (TPSA) is 56.4 Å². The highest BCUT2D eigenvalue weighted by molar-refractivity contribution is 7.15. The lowest BCUT2D eigenvalue weighted by Crippen LogP contribution is -2.33. The molecule has 0 N–H and O–H groups in total. The van der Waals surface area contributed by atoms with E-state index in [1.165, 1.54) is 26.8 Å². The van der Waals surface area contributed by atoms with E-state index in [9.17, 15) is 9.59 Å². The van der Waals surface area contributed by atoms with Gasteiger partial charge in [0.15, 0.2) is 0 Å². The van der Waals surface area contributed by atoms with Crippen molar-refractivity contribution in [3.05, 3.63) is 71.5 Å². The smallest absolute Gasteiger partial charge is 0.277 e. The van der Waals surface area contributed by atoms with Gasteiger partial charge in [-0.2, -0.15) is 0 Å². The number of fused-ring (bicyclic) bond motifs is 2. The lowest BCUT2D eigenvalue weighted by molar-refractivity contribution is 0.685. The van der Waals surface area contributed by atoms with Gasteiger partial charge in [-0.15, -0.1) is 0 Å². The minimum absolute atomic E-state index is 0.239. The number of rotatable bonds is 4. The Balaban J connectivity index is 2.08. The molecule has 1 aromatic carbocycles. The van der Waals surface area contributed by atoms with E-state index < -0.39 is 0 Å². The van der Waals surface area contributed by atoms with Crippen molar-refractivity contribution in [1.82, 2.24) is 14.0 Å². The molecule has 29 heavy (non-hydrogen) atoms. The quantitative estimate of drug-likeness (QED) is 0.520. The fourth-order valence-electron chi connectivity index (χ4n) is 4.08. The summed E-state index contributed by atoms with van der Waals surface area (Å²) >= 11 is 1.28. The van der Waals surface area contributed by atoms with Crippen molar-refractivity contribution in [3.8, 4) is 0 Å². The Bertz CT molecular complexity index is 1420. The molecule has 0 saturated carbocycles. The second-order valence-electron chi connectivity index (χ2n) is 7.54. The molecule has 3 heterocycles. The van der Waals surface area contributed by atoms with E-state index in [0.29, 0.717) is 27.2 Å². The molecule has 150 valence electrons. The molecule has 0 spiro atoms. The highest BCUT2D eigenvalue weighted by Gasteiger charge is 2.16. The van der Waals surface area contributed by atoms with Gasteiger partial charge in [0.2, 0.25) is 4.96 Å². The molecule has 0 bridgehead atoms. The fourth-order valence-corrected chi connectivity index (χ4v) is 5.07. The van der Waals surface area contributed by atoms with E-state index in [1.807, 2.05) is 19.9 Å².